The van der Waals surface area contributed by atoms with Crippen LogP contribution in [0.15, 0.2) is 18.2 Å². The summed E-state index contributed by atoms with van der Waals surface area (Å²) in [5.74, 6) is 1.49. The van der Waals surface area contributed by atoms with Gasteiger partial charge in [-0.2, -0.15) is 12.6 Å². The molecule has 12 heavy (non-hydrogen) atoms. The van der Waals surface area contributed by atoms with Crippen molar-refractivity contribution in [2.75, 3.05) is 5.73 Å². The van der Waals surface area contributed by atoms with Crippen LogP contribution in [0, 0.1) is 0 Å². The second-order valence-electron chi connectivity index (χ2n) is 2.62. The first-order valence-electron chi connectivity index (χ1n) is 3.64. The highest BCUT2D eigenvalue weighted by molar-refractivity contribution is 7.79. The Morgan fingerprint density at radius 2 is 2.33 bits per heavy atom. The van der Waals surface area contributed by atoms with E-state index in [0.29, 0.717) is 5.75 Å². The minimum absolute atomic E-state index is 0.620. The van der Waals surface area contributed by atoms with Crippen molar-refractivity contribution in [3.63, 3.8) is 0 Å². The SMILES string of the molecule is Nc1ccc2nc(CS)[nH]c2c1. The minimum atomic E-state index is 0.620. The van der Waals surface area contributed by atoms with Gasteiger partial charge in [-0.3, -0.25) is 0 Å². The Balaban J connectivity index is 2.67. The van der Waals surface area contributed by atoms with Crippen molar-refractivity contribution in [1.29, 1.82) is 0 Å². The molecule has 0 bridgehead atoms. The topological polar surface area (TPSA) is 54.7 Å². The van der Waals surface area contributed by atoms with Crippen LogP contribution in [0.4, 0.5) is 5.69 Å². The van der Waals surface area contributed by atoms with Crippen LogP contribution in [0.2, 0.25) is 0 Å². The van der Waals surface area contributed by atoms with Gasteiger partial charge in [0.2, 0.25) is 0 Å². The number of anilines is 1. The standard InChI is InChI=1S/C8H9N3S/c9-5-1-2-6-7(3-5)11-8(4-12)10-6/h1-3,12H,4,9H2,(H,10,11). The highest BCUT2D eigenvalue weighted by Gasteiger charge is 1.99. The molecule has 1 aromatic carbocycles. The van der Waals surface area contributed by atoms with E-state index in [2.05, 4.69) is 22.6 Å². The zero-order valence-corrected chi connectivity index (χ0v) is 7.31. The average Bonchev–Trinajstić information content (AvgIpc) is 2.46. The molecular formula is C8H9N3S. The molecule has 0 saturated heterocycles. The molecule has 0 aliphatic carbocycles. The quantitative estimate of drug-likeness (QED) is 0.460. The van der Waals surface area contributed by atoms with Gasteiger partial charge in [-0.25, -0.2) is 4.98 Å². The second kappa shape index (κ2) is 2.71. The third-order valence-corrected chi connectivity index (χ3v) is 2.00. The van der Waals surface area contributed by atoms with Gasteiger partial charge in [0.1, 0.15) is 5.82 Å². The number of nitrogens with zero attached hydrogens (tertiary/aromatic N) is 1. The molecule has 0 fully saturated rings. The number of thiol groups is 1. The molecule has 2 rings (SSSR count). The molecule has 3 N–H and O–H groups in total. The second-order valence-corrected chi connectivity index (χ2v) is 2.93. The predicted molar refractivity (Wildman–Crippen MR) is 53.2 cm³/mol. The van der Waals surface area contributed by atoms with Gasteiger partial charge in [-0.1, -0.05) is 0 Å². The molecule has 0 spiro atoms. The maximum Gasteiger partial charge on any atom is 0.117 e. The zero-order chi connectivity index (χ0) is 8.55. The molecular weight excluding hydrogens is 170 g/mol. The van der Waals surface area contributed by atoms with Crippen LogP contribution in [-0.4, -0.2) is 9.97 Å². The zero-order valence-electron chi connectivity index (χ0n) is 6.41. The van der Waals surface area contributed by atoms with Crippen LogP contribution in [-0.2, 0) is 5.75 Å². The number of nitrogens with two attached hydrogens (primary N) is 1. The number of aromatic nitrogens is 2. The van der Waals surface area contributed by atoms with E-state index in [0.717, 1.165) is 22.5 Å². The number of hydrogen-bond acceptors (Lipinski definition) is 3. The van der Waals surface area contributed by atoms with E-state index in [9.17, 15) is 0 Å². The minimum Gasteiger partial charge on any atom is -0.399 e. The molecule has 0 radical (unpaired) electrons. The monoisotopic (exact) mass is 179 g/mol. The Kier molecular flexibility index (Phi) is 1.69. The van der Waals surface area contributed by atoms with Crippen molar-refractivity contribution >= 4 is 29.3 Å². The fourth-order valence-electron chi connectivity index (χ4n) is 1.15. The van der Waals surface area contributed by atoms with Crippen molar-refractivity contribution in [2.45, 2.75) is 5.75 Å². The molecule has 0 amide bonds. The number of hydrogen-bond donors (Lipinski definition) is 3. The van der Waals surface area contributed by atoms with E-state index in [4.69, 9.17) is 5.73 Å². The molecule has 62 valence electrons. The molecule has 2 aromatic rings. The maximum absolute atomic E-state index is 5.61. The summed E-state index contributed by atoms with van der Waals surface area (Å²) in [4.78, 5) is 7.40. The lowest BCUT2D eigenvalue weighted by atomic mass is 10.3. The lowest BCUT2D eigenvalue weighted by Gasteiger charge is -1.89. The number of benzene rings is 1. The van der Waals surface area contributed by atoms with Gasteiger partial charge in [-0.15, -0.1) is 0 Å². The molecule has 0 atom stereocenters. The Morgan fingerprint density at radius 1 is 1.50 bits per heavy atom. The van der Waals surface area contributed by atoms with Crippen LogP contribution < -0.4 is 5.73 Å². The van der Waals surface area contributed by atoms with Crippen LogP contribution >= 0.6 is 12.6 Å². The normalized spacial score (nSPS) is 10.8. The Labute approximate surface area is 75.4 Å². The summed E-state index contributed by atoms with van der Waals surface area (Å²) < 4.78 is 0. The third-order valence-electron chi connectivity index (χ3n) is 1.70. The smallest absolute Gasteiger partial charge is 0.117 e. The van der Waals surface area contributed by atoms with E-state index in [1.807, 2.05) is 18.2 Å². The number of fused-ring (bicyclic) bond motifs is 1. The van der Waals surface area contributed by atoms with Gasteiger partial charge >= 0.3 is 0 Å². The molecule has 0 aliphatic rings. The van der Waals surface area contributed by atoms with E-state index in [1.54, 1.807) is 0 Å². The largest absolute Gasteiger partial charge is 0.399 e. The van der Waals surface area contributed by atoms with Crippen molar-refractivity contribution in [1.82, 2.24) is 9.97 Å². The van der Waals surface area contributed by atoms with Gasteiger partial charge in [0, 0.05) is 11.4 Å². The van der Waals surface area contributed by atoms with Gasteiger partial charge in [0.15, 0.2) is 0 Å². The third kappa shape index (κ3) is 1.14. The van der Waals surface area contributed by atoms with Crippen LogP contribution in [0.25, 0.3) is 11.0 Å². The number of nitrogens with one attached hydrogen (secondary N) is 1. The van der Waals surface area contributed by atoms with Crippen molar-refractivity contribution < 1.29 is 0 Å². The Hall–Kier alpha value is -1.16. The lowest BCUT2D eigenvalue weighted by Crippen LogP contribution is -1.82. The van der Waals surface area contributed by atoms with Gasteiger partial charge in [0.05, 0.1) is 11.0 Å². The van der Waals surface area contributed by atoms with Gasteiger partial charge in [0.25, 0.3) is 0 Å². The molecule has 3 nitrogen and oxygen atoms in total. The summed E-state index contributed by atoms with van der Waals surface area (Å²) in [7, 11) is 0. The van der Waals surface area contributed by atoms with E-state index < -0.39 is 0 Å². The van der Waals surface area contributed by atoms with Crippen LogP contribution in [0.3, 0.4) is 0 Å². The molecule has 0 unspecified atom stereocenters. The molecule has 0 saturated carbocycles. The first kappa shape index (κ1) is 7.49. The highest BCUT2D eigenvalue weighted by atomic mass is 32.1. The first-order chi connectivity index (χ1) is 5.79. The summed E-state index contributed by atoms with van der Waals surface area (Å²) in [6.07, 6.45) is 0. The number of H-pyrrole nitrogens is 1. The van der Waals surface area contributed by atoms with E-state index in [1.165, 1.54) is 0 Å². The summed E-state index contributed by atoms with van der Waals surface area (Å²) >= 11 is 4.12. The number of aromatic amines is 1. The number of rotatable bonds is 1. The summed E-state index contributed by atoms with van der Waals surface area (Å²) in [5, 5.41) is 0. The predicted octanol–water partition coefficient (Wildman–Crippen LogP) is 1.57. The molecule has 1 aromatic heterocycles. The molecule has 0 aliphatic heterocycles. The van der Waals surface area contributed by atoms with E-state index in [-0.39, 0.29) is 0 Å². The van der Waals surface area contributed by atoms with Crippen molar-refractivity contribution in [2.24, 2.45) is 0 Å². The van der Waals surface area contributed by atoms with Crippen molar-refractivity contribution in [3.8, 4) is 0 Å². The molecule has 4 heteroatoms. The van der Waals surface area contributed by atoms with Gasteiger partial charge < -0.3 is 10.7 Å². The number of nitrogen functional groups attached to an aromatic ring is 1. The van der Waals surface area contributed by atoms with Crippen LogP contribution in [0.5, 0.6) is 0 Å². The van der Waals surface area contributed by atoms with E-state index >= 15 is 0 Å². The van der Waals surface area contributed by atoms with Crippen molar-refractivity contribution in [3.05, 3.63) is 24.0 Å². The number of imidazole rings is 1. The fourth-order valence-corrected chi connectivity index (χ4v) is 1.30. The van der Waals surface area contributed by atoms with Gasteiger partial charge in [-0.05, 0) is 18.2 Å². The fraction of sp³-hybridized carbons (Fsp3) is 0.125. The molecule has 1 heterocycles. The summed E-state index contributed by atoms with van der Waals surface area (Å²) in [5.41, 5.74) is 8.26. The first-order valence-corrected chi connectivity index (χ1v) is 4.28. The Bertz CT molecular complexity index is 408. The van der Waals surface area contributed by atoms with Crippen LogP contribution in [0.1, 0.15) is 5.82 Å². The summed E-state index contributed by atoms with van der Waals surface area (Å²) in [6.45, 7) is 0. The highest BCUT2D eigenvalue weighted by Crippen LogP contribution is 2.15. The maximum atomic E-state index is 5.61. The average molecular weight is 179 g/mol. The summed E-state index contributed by atoms with van der Waals surface area (Å²) in [6, 6.07) is 5.61. The lowest BCUT2D eigenvalue weighted by molar-refractivity contribution is 1.15. The Morgan fingerprint density at radius 3 is 3.08 bits per heavy atom.